The average molecular weight is 263 g/mol. The monoisotopic (exact) mass is 263 g/mol. The molecule has 1 heterocycles. The van der Waals surface area contributed by atoms with Crippen LogP contribution in [-0.2, 0) is 0 Å². The van der Waals surface area contributed by atoms with Crippen molar-refractivity contribution < 1.29 is 5.11 Å². The first-order valence-corrected chi connectivity index (χ1v) is 7.10. The lowest BCUT2D eigenvalue weighted by Crippen LogP contribution is -2.00. The number of nitrogens with zero attached hydrogens (tertiary/aromatic N) is 1. The van der Waals surface area contributed by atoms with Crippen molar-refractivity contribution in [1.29, 1.82) is 0 Å². The summed E-state index contributed by atoms with van der Waals surface area (Å²) < 4.78 is 0. The molecule has 0 bridgehead atoms. The van der Waals surface area contributed by atoms with Gasteiger partial charge in [0.25, 0.3) is 0 Å². The highest BCUT2D eigenvalue weighted by Gasteiger charge is 2.21. The molecule has 96 valence electrons. The summed E-state index contributed by atoms with van der Waals surface area (Å²) in [5.41, 5.74) is 14.2. The lowest BCUT2D eigenvalue weighted by molar-refractivity contribution is 0.307. The van der Waals surface area contributed by atoms with Crippen molar-refractivity contribution in [2.75, 3.05) is 24.6 Å². The number of hydrogen-bond acceptors (Lipinski definition) is 4. The van der Waals surface area contributed by atoms with E-state index in [-0.39, 0.29) is 22.3 Å². The van der Waals surface area contributed by atoms with Crippen LogP contribution in [0.15, 0.2) is 35.3 Å². The Labute approximate surface area is 109 Å². The lowest BCUT2D eigenvalue weighted by Gasteiger charge is -2.15. The molecule has 0 amide bonds. The number of hydrogen-bond donors (Lipinski definition) is 3. The zero-order valence-corrected chi connectivity index (χ0v) is 10.9. The highest BCUT2D eigenvalue weighted by Crippen LogP contribution is 2.44. The van der Waals surface area contributed by atoms with Gasteiger partial charge in [0.05, 0.1) is 23.4 Å². The van der Waals surface area contributed by atoms with Gasteiger partial charge in [-0.2, -0.15) is 0 Å². The molecule has 2 rings (SSSR count). The standard InChI is InChI=1S/C13H17N3OS/c1-18-12(4-5-13(18)16-6-7-17)10-8-9(14)2-3-11(10)15/h2-5,8,12,17H,1,6-7,14-15H2. The van der Waals surface area contributed by atoms with E-state index in [4.69, 9.17) is 16.6 Å². The topological polar surface area (TPSA) is 84.6 Å². The summed E-state index contributed by atoms with van der Waals surface area (Å²) in [5, 5.41) is 9.85. The Morgan fingerprint density at radius 2 is 2.17 bits per heavy atom. The van der Waals surface area contributed by atoms with Crippen molar-refractivity contribution in [2.45, 2.75) is 5.25 Å². The first-order chi connectivity index (χ1) is 8.63. The van der Waals surface area contributed by atoms with Crippen molar-refractivity contribution in [2.24, 2.45) is 4.99 Å². The third-order valence-corrected chi connectivity index (χ3v) is 4.60. The molecule has 0 aromatic heterocycles. The predicted molar refractivity (Wildman–Crippen MR) is 81.2 cm³/mol. The first kappa shape index (κ1) is 12.9. The van der Waals surface area contributed by atoms with E-state index in [2.05, 4.69) is 16.9 Å². The molecule has 1 aromatic carbocycles. The van der Waals surface area contributed by atoms with E-state index in [0.717, 1.165) is 16.3 Å². The van der Waals surface area contributed by atoms with Crippen LogP contribution < -0.4 is 11.5 Å². The van der Waals surface area contributed by atoms with Crippen LogP contribution in [0.3, 0.4) is 0 Å². The molecule has 1 aliphatic rings. The van der Waals surface area contributed by atoms with Crippen molar-refractivity contribution in [1.82, 2.24) is 0 Å². The van der Waals surface area contributed by atoms with Crippen LogP contribution in [0.25, 0.3) is 0 Å². The van der Waals surface area contributed by atoms with Gasteiger partial charge >= 0.3 is 0 Å². The molecule has 1 aromatic rings. The summed E-state index contributed by atoms with van der Waals surface area (Å²) in [4.78, 5) is 4.31. The molecule has 2 atom stereocenters. The van der Waals surface area contributed by atoms with Crippen molar-refractivity contribution >= 4 is 32.8 Å². The zero-order valence-electron chi connectivity index (χ0n) is 10.0. The van der Waals surface area contributed by atoms with Gasteiger partial charge in [0.2, 0.25) is 0 Å². The molecule has 5 N–H and O–H groups in total. The number of anilines is 2. The molecular formula is C13H17N3OS. The average Bonchev–Trinajstić information content (AvgIpc) is 2.71. The third-order valence-electron chi connectivity index (χ3n) is 2.77. The summed E-state index contributed by atoms with van der Waals surface area (Å²) in [6.07, 6.45) is 4.01. The van der Waals surface area contributed by atoms with Crippen LogP contribution in [0, 0.1) is 0 Å². The summed E-state index contributed by atoms with van der Waals surface area (Å²) in [6.45, 7) is 0.470. The van der Waals surface area contributed by atoms with Crippen LogP contribution in [0.5, 0.6) is 0 Å². The largest absolute Gasteiger partial charge is 0.399 e. The fraction of sp³-hybridized carbons (Fsp3) is 0.231. The molecule has 2 unspecified atom stereocenters. The van der Waals surface area contributed by atoms with E-state index < -0.39 is 0 Å². The van der Waals surface area contributed by atoms with Crippen LogP contribution in [0.4, 0.5) is 11.4 Å². The normalized spacial score (nSPS) is 24.8. The number of aliphatic hydroxyl groups is 1. The second-order valence-electron chi connectivity index (χ2n) is 4.04. The highest BCUT2D eigenvalue weighted by atomic mass is 32.2. The molecule has 0 aliphatic carbocycles. The maximum absolute atomic E-state index is 8.79. The molecule has 0 saturated heterocycles. The van der Waals surface area contributed by atoms with E-state index >= 15 is 0 Å². The van der Waals surface area contributed by atoms with E-state index in [0.29, 0.717) is 12.2 Å². The Kier molecular flexibility index (Phi) is 3.84. The summed E-state index contributed by atoms with van der Waals surface area (Å²) in [6, 6.07) is 5.50. The molecule has 0 saturated carbocycles. The van der Waals surface area contributed by atoms with E-state index in [1.165, 1.54) is 0 Å². The van der Waals surface area contributed by atoms with Crippen LogP contribution in [-0.4, -0.2) is 29.2 Å². The first-order valence-electron chi connectivity index (χ1n) is 5.64. The fourth-order valence-electron chi connectivity index (χ4n) is 1.87. The van der Waals surface area contributed by atoms with Gasteiger partial charge in [-0.1, -0.05) is 11.9 Å². The van der Waals surface area contributed by atoms with Crippen LogP contribution in [0.1, 0.15) is 10.8 Å². The van der Waals surface area contributed by atoms with E-state index in [9.17, 15) is 0 Å². The predicted octanol–water partition coefficient (Wildman–Crippen LogP) is 1.55. The minimum atomic E-state index is -0.277. The van der Waals surface area contributed by atoms with Crippen molar-refractivity contribution in [3.63, 3.8) is 0 Å². The van der Waals surface area contributed by atoms with Gasteiger partial charge in [-0.05, 0) is 29.8 Å². The highest BCUT2D eigenvalue weighted by molar-refractivity contribution is 8.28. The van der Waals surface area contributed by atoms with Gasteiger partial charge in [0.1, 0.15) is 0 Å². The van der Waals surface area contributed by atoms with E-state index in [1.807, 2.05) is 18.2 Å². The van der Waals surface area contributed by atoms with Crippen molar-refractivity contribution in [3.8, 4) is 0 Å². The number of nitrogen functional groups attached to an aromatic ring is 2. The van der Waals surface area contributed by atoms with Gasteiger partial charge in [0.15, 0.2) is 0 Å². The molecule has 5 heteroatoms. The van der Waals surface area contributed by atoms with Gasteiger partial charge in [-0.3, -0.25) is 4.99 Å². The minimum absolute atomic E-state index is 0.0552. The molecule has 4 nitrogen and oxygen atoms in total. The maximum Gasteiger partial charge on any atom is 0.0852 e. The second kappa shape index (κ2) is 5.37. The third kappa shape index (κ3) is 2.47. The molecule has 0 radical (unpaired) electrons. The summed E-state index contributed by atoms with van der Waals surface area (Å²) >= 11 is 0. The zero-order chi connectivity index (χ0) is 13.1. The molecule has 0 spiro atoms. The molecular weight excluding hydrogens is 246 g/mol. The van der Waals surface area contributed by atoms with Crippen LogP contribution in [0.2, 0.25) is 0 Å². The lowest BCUT2D eigenvalue weighted by atomic mass is 10.1. The van der Waals surface area contributed by atoms with Gasteiger partial charge in [-0.25, -0.2) is 0 Å². The Morgan fingerprint density at radius 1 is 1.39 bits per heavy atom. The Morgan fingerprint density at radius 3 is 2.89 bits per heavy atom. The molecule has 18 heavy (non-hydrogen) atoms. The van der Waals surface area contributed by atoms with E-state index in [1.54, 1.807) is 6.07 Å². The van der Waals surface area contributed by atoms with Gasteiger partial charge in [0, 0.05) is 11.4 Å². The van der Waals surface area contributed by atoms with Crippen LogP contribution >= 0.6 is 10.5 Å². The SMILES string of the molecule is C=S1C(=NCCO)C=CC1c1cc(N)ccc1N. The smallest absolute Gasteiger partial charge is 0.0852 e. The Bertz CT molecular complexity index is 537. The van der Waals surface area contributed by atoms with Gasteiger partial charge < -0.3 is 16.6 Å². The second-order valence-corrected chi connectivity index (χ2v) is 5.82. The molecule has 1 aliphatic heterocycles. The number of aliphatic imine (C=N–C) groups is 1. The quantitative estimate of drug-likeness (QED) is 0.571. The summed E-state index contributed by atoms with van der Waals surface area (Å²) in [7, 11) is -0.277. The Hall–Kier alpha value is -1.59. The van der Waals surface area contributed by atoms with Gasteiger partial charge in [-0.15, -0.1) is 10.5 Å². The maximum atomic E-state index is 8.79. The number of nitrogens with two attached hydrogens (primary N) is 2. The number of benzene rings is 1. The number of rotatable bonds is 3. The molecule has 0 fully saturated rings. The Balaban J connectivity index is 2.29. The van der Waals surface area contributed by atoms with Crippen molar-refractivity contribution in [3.05, 3.63) is 35.9 Å². The fourth-order valence-corrected chi connectivity index (χ4v) is 3.42. The minimum Gasteiger partial charge on any atom is -0.399 e. The summed E-state index contributed by atoms with van der Waals surface area (Å²) in [5.74, 6) is 4.16. The number of aliphatic hydroxyl groups excluding tert-OH is 1.